The van der Waals surface area contributed by atoms with Crippen LogP contribution in [0.1, 0.15) is 35.3 Å². The smallest absolute Gasteiger partial charge is 0.308 e. The van der Waals surface area contributed by atoms with E-state index in [0.29, 0.717) is 16.8 Å². The molecule has 0 saturated carbocycles. The van der Waals surface area contributed by atoms with Crippen molar-refractivity contribution < 1.29 is 19.1 Å². The first-order valence-corrected chi connectivity index (χ1v) is 10.7. The summed E-state index contributed by atoms with van der Waals surface area (Å²) in [6, 6.07) is 13.6. The number of nitrogens with zero attached hydrogens (tertiary/aromatic N) is 2. The Labute approximate surface area is 196 Å². The molecule has 1 aromatic heterocycles. The first-order chi connectivity index (χ1) is 16.5. The molecule has 1 unspecified atom stereocenters. The number of pyridine rings is 1. The molecular formula is C24H26N6O4. The van der Waals surface area contributed by atoms with E-state index >= 15 is 0 Å². The van der Waals surface area contributed by atoms with Gasteiger partial charge in [-0.25, -0.2) is 10.8 Å². The van der Waals surface area contributed by atoms with Crippen LogP contribution in [0.4, 0.5) is 5.69 Å². The molecule has 176 valence electrons. The number of amides is 2. The number of aliphatic imine (C=N–C) groups is 1. The second kappa shape index (κ2) is 12.1. The predicted octanol–water partition coefficient (Wildman–Crippen LogP) is 1.90. The molecular weight excluding hydrogens is 436 g/mol. The molecule has 3 rings (SSSR count). The Morgan fingerprint density at radius 3 is 2.74 bits per heavy atom. The summed E-state index contributed by atoms with van der Waals surface area (Å²) in [5.41, 5.74) is 3.89. The number of benzene rings is 2. The molecule has 34 heavy (non-hydrogen) atoms. The lowest BCUT2D eigenvalue weighted by atomic mass is 10.0. The van der Waals surface area contributed by atoms with Gasteiger partial charge in [0.1, 0.15) is 6.34 Å². The number of fused-ring (bicyclic) bond motifs is 1. The molecule has 0 aliphatic carbocycles. The molecule has 3 aromatic rings. The van der Waals surface area contributed by atoms with E-state index in [1.165, 1.54) is 6.34 Å². The molecule has 10 heteroatoms. The van der Waals surface area contributed by atoms with E-state index in [9.17, 15) is 14.4 Å². The molecule has 0 aliphatic rings. The summed E-state index contributed by atoms with van der Waals surface area (Å²) in [5, 5.41) is 7.03. The highest BCUT2D eigenvalue weighted by Crippen LogP contribution is 2.27. The molecule has 0 spiro atoms. The fourth-order valence-electron chi connectivity index (χ4n) is 3.36. The third kappa shape index (κ3) is 6.59. The molecule has 0 aliphatic heterocycles. The SMILES string of the molecule is CCOC(=O)CC(NC(=O)CNC(=O)c1cc(N=CNN)c2ccccc2c1)c1cccnc1. The number of hydrogen-bond acceptors (Lipinski definition) is 7. The van der Waals surface area contributed by atoms with E-state index in [0.717, 1.165) is 10.8 Å². The number of hydrogen-bond donors (Lipinski definition) is 4. The molecule has 2 aromatic carbocycles. The highest BCUT2D eigenvalue weighted by molar-refractivity contribution is 6.04. The average Bonchev–Trinajstić information content (AvgIpc) is 2.86. The summed E-state index contributed by atoms with van der Waals surface area (Å²) < 4.78 is 5.00. The van der Waals surface area contributed by atoms with Gasteiger partial charge in [0.25, 0.3) is 5.91 Å². The molecule has 1 heterocycles. The van der Waals surface area contributed by atoms with Crippen LogP contribution < -0.4 is 21.9 Å². The quantitative estimate of drug-likeness (QED) is 0.118. The lowest BCUT2D eigenvalue weighted by Crippen LogP contribution is -2.39. The van der Waals surface area contributed by atoms with E-state index in [2.05, 4.69) is 26.0 Å². The van der Waals surface area contributed by atoms with Crippen molar-refractivity contribution >= 4 is 40.6 Å². The summed E-state index contributed by atoms with van der Waals surface area (Å²) >= 11 is 0. The highest BCUT2D eigenvalue weighted by Gasteiger charge is 2.20. The fraction of sp³-hybridized carbons (Fsp3) is 0.208. The average molecular weight is 463 g/mol. The van der Waals surface area contributed by atoms with Crippen LogP contribution in [0.2, 0.25) is 0 Å². The van der Waals surface area contributed by atoms with Crippen LogP contribution in [0.5, 0.6) is 0 Å². The van der Waals surface area contributed by atoms with E-state index in [-0.39, 0.29) is 19.6 Å². The van der Waals surface area contributed by atoms with Crippen LogP contribution in [0.3, 0.4) is 0 Å². The Balaban J connectivity index is 1.69. The summed E-state index contributed by atoms with van der Waals surface area (Å²) in [5.74, 6) is 3.92. The van der Waals surface area contributed by atoms with Crippen LogP contribution >= 0.6 is 0 Å². The number of esters is 1. The molecule has 1 atom stereocenters. The largest absolute Gasteiger partial charge is 0.466 e. The predicted molar refractivity (Wildman–Crippen MR) is 128 cm³/mol. The van der Waals surface area contributed by atoms with Gasteiger partial charge in [0.15, 0.2) is 0 Å². The number of nitrogens with one attached hydrogen (secondary N) is 3. The van der Waals surface area contributed by atoms with Crippen molar-refractivity contribution in [1.82, 2.24) is 21.0 Å². The third-order valence-electron chi connectivity index (χ3n) is 4.89. The normalized spacial score (nSPS) is 11.7. The number of carbonyl (C=O) groups excluding carboxylic acids is 3. The minimum atomic E-state index is -0.637. The van der Waals surface area contributed by atoms with Crippen LogP contribution in [-0.2, 0) is 14.3 Å². The first-order valence-electron chi connectivity index (χ1n) is 10.7. The molecule has 0 fully saturated rings. The fourth-order valence-corrected chi connectivity index (χ4v) is 3.36. The molecule has 0 saturated heterocycles. The van der Waals surface area contributed by atoms with Gasteiger partial charge in [0.2, 0.25) is 5.91 Å². The number of nitrogens with two attached hydrogens (primary N) is 1. The third-order valence-corrected chi connectivity index (χ3v) is 4.89. The van der Waals surface area contributed by atoms with Gasteiger partial charge >= 0.3 is 5.97 Å². The maximum absolute atomic E-state index is 12.8. The van der Waals surface area contributed by atoms with Gasteiger partial charge in [-0.2, -0.15) is 0 Å². The van der Waals surface area contributed by atoms with Crippen LogP contribution in [-0.4, -0.2) is 42.3 Å². The standard InChI is InChI=1S/C24H26N6O4/c1-2-34-23(32)12-20(17-7-5-9-26-13-17)30-22(31)14-27-24(33)18-10-16-6-3-4-8-19(16)21(11-18)28-15-29-25/h3-11,13,15,20H,2,12,14,25H2,1H3,(H,27,33)(H,28,29)(H,30,31). The van der Waals surface area contributed by atoms with E-state index in [4.69, 9.17) is 10.6 Å². The van der Waals surface area contributed by atoms with Gasteiger partial charge < -0.3 is 20.8 Å². The lowest BCUT2D eigenvalue weighted by molar-refractivity contribution is -0.143. The van der Waals surface area contributed by atoms with Crippen molar-refractivity contribution in [2.75, 3.05) is 13.2 Å². The van der Waals surface area contributed by atoms with Crippen molar-refractivity contribution in [3.8, 4) is 0 Å². The molecule has 0 radical (unpaired) electrons. The van der Waals surface area contributed by atoms with Crippen LogP contribution in [0.25, 0.3) is 10.8 Å². The van der Waals surface area contributed by atoms with E-state index in [1.54, 1.807) is 43.6 Å². The van der Waals surface area contributed by atoms with Gasteiger partial charge in [-0.1, -0.05) is 30.3 Å². The summed E-state index contributed by atoms with van der Waals surface area (Å²) in [6.07, 6.45) is 4.42. The second-order valence-corrected chi connectivity index (χ2v) is 7.24. The van der Waals surface area contributed by atoms with Crippen molar-refractivity contribution in [3.63, 3.8) is 0 Å². The number of ether oxygens (including phenoxy) is 1. The zero-order chi connectivity index (χ0) is 24.3. The van der Waals surface area contributed by atoms with Crippen molar-refractivity contribution in [1.29, 1.82) is 0 Å². The maximum Gasteiger partial charge on any atom is 0.308 e. The number of aromatic nitrogens is 1. The summed E-state index contributed by atoms with van der Waals surface area (Å²) in [7, 11) is 0. The van der Waals surface area contributed by atoms with Gasteiger partial charge in [-0.05, 0) is 36.1 Å². The second-order valence-electron chi connectivity index (χ2n) is 7.24. The zero-order valence-electron chi connectivity index (χ0n) is 18.7. The summed E-state index contributed by atoms with van der Waals surface area (Å²) in [4.78, 5) is 45.6. The topological polar surface area (TPSA) is 148 Å². The summed E-state index contributed by atoms with van der Waals surface area (Å²) in [6.45, 7) is 1.66. The van der Waals surface area contributed by atoms with Crippen LogP contribution in [0, 0.1) is 0 Å². The van der Waals surface area contributed by atoms with Gasteiger partial charge in [-0.15, -0.1) is 0 Å². The Kier molecular flexibility index (Phi) is 8.64. The Morgan fingerprint density at radius 1 is 1.18 bits per heavy atom. The Morgan fingerprint density at radius 2 is 2.00 bits per heavy atom. The van der Waals surface area contributed by atoms with Crippen molar-refractivity contribution in [2.45, 2.75) is 19.4 Å². The van der Waals surface area contributed by atoms with Gasteiger partial charge in [0, 0.05) is 23.3 Å². The minimum Gasteiger partial charge on any atom is -0.466 e. The molecule has 2 amide bonds. The zero-order valence-corrected chi connectivity index (χ0v) is 18.7. The highest BCUT2D eigenvalue weighted by atomic mass is 16.5. The van der Waals surface area contributed by atoms with E-state index < -0.39 is 23.8 Å². The number of hydrazine groups is 1. The lowest BCUT2D eigenvalue weighted by Gasteiger charge is -2.18. The monoisotopic (exact) mass is 462 g/mol. The molecule has 5 N–H and O–H groups in total. The minimum absolute atomic E-state index is 0.0551. The van der Waals surface area contributed by atoms with Crippen LogP contribution in [0.15, 0.2) is 65.9 Å². The molecule has 0 bridgehead atoms. The molecule has 10 nitrogen and oxygen atoms in total. The number of rotatable bonds is 10. The van der Waals surface area contributed by atoms with Crippen molar-refractivity contribution in [2.24, 2.45) is 10.8 Å². The Hall–Kier alpha value is -4.31. The maximum atomic E-state index is 12.8. The first kappa shape index (κ1) is 24.3. The Bertz CT molecular complexity index is 1180. The van der Waals surface area contributed by atoms with Gasteiger partial charge in [-0.3, -0.25) is 19.4 Å². The van der Waals surface area contributed by atoms with Crippen molar-refractivity contribution in [3.05, 3.63) is 72.1 Å². The van der Waals surface area contributed by atoms with Gasteiger partial charge in [0.05, 0.1) is 31.3 Å². The van der Waals surface area contributed by atoms with E-state index in [1.807, 2.05) is 24.3 Å². The number of carbonyl (C=O) groups is 3.